The average molecular weight is 182 g/mol. The van der Waals surface area contributed by atoms with Crippen LogP contribution < -0.4 is 0 Å². The molecule has 1 aliphatic carbocycles. The molecule has 2 fully saturated rings. The average Bonchev–Trinajstić information content (AvgIpc) is 2.74. The molecular weight excluding hydrogens is 164 g/mol. The van der Waals surface area contributed by atoms with Crippen molar-refractivity contribution in [3.63, 3.8) is 0 Å². The summed E-state index contributed by atoms with van der Waals surface area (Å²) in [7, 11) is 0. The van der Waals surface area contributed by atoms with E-state index in [1.807, 2.05) is 6.26 Å². The lowest BCUT2D eigenvalue weighted by Crippen LogP contribution is -2.16. The van der Waals surface area contributed by atoms with Crippen LogP contribution >= 0.6 is 0 Å². The molecule has 0 spiro atoms. The van der Waals surface area contributed by atoms with Crippen molar-refractivity contribution in [2.75, 3.05) is 13.2 Å². The summed E-state index contributed by atoms with van der Waals surface area (Å²) in [6.07, 6.45) is 8.18. The van der Waals surface area contributed by atoms with E-state index in [-0.39, 0.29) is 5.60 Å². The van der Waals surface area contributed by atoms with Gasteiger partial charge in [-0.3, -0.25) is 0 Å². The lowest BCUT2D eigenvalue weighted by Gasteiger charge is -2.08. The lowest BCUT2D eigenvalue weighted by molar-refractivity contribution is 0.147. The largest absolute Gasteiger partial charge is 0.498 e. The molecule has 2 nitrogen and oxygen atoms in total. The van der Waals surface area contributed by atoms with Gasteiger partial charge in [-0.15, -0.1) is 0 Å². The summed E-state index contributed by atoms with van der Waals surface area (Å²) in [5, 5.41) is 0. The predicted molar refractivity (Wildman–Crippen MR) is 51.5 cm³/mol. The van der Waals surface area contributed by atoms with Crippen LogP contribution in [-0.2, 0) is 9.47 Å². The van der Waals surface area contributed by atoms with Crippen molar-refractivity contribution < 1.29 is 9.47 Å². The molecule has 1 atom stereocenters. The minimum absolute atomic E-state index is 0.0790. The van der Waals surface area contributed by atoms with Gasteiger partial charge in [0.15, 0.2) is 0 Å². The normalized spacial score (nSPS) is 31.9. The molecule has 2 rings (SSSR count). The molecule has 0 aromatic carbocycles. The summed E-state index contributed by atoms with van der Waals surface area (Å²) in [6, 6.07) is 0. The molecule has 0 N–H and O–H groups in total. The summed E-state index contributed by atoms with van der Waals surface area (Å²) in [6.45, 7) is 3.78. The molecule has 1 heterocycles. The second-order valence-corrected chi connectivity index (χ2v) is 4.12. The van der Waals surface area contributed by atoms with E-state index in [0.717, 1.165) is 19.6 Å². The SMILES string of the molecule is CCC1(COC=C2CCCC2)CO1. The highest BCUT2D eigenvalue weighted by atomic mass is 16.6. The summed E-state index contributed by atoms with van der Waals surface area (Å²) in [4.78, 5) is 0. The molecule has 2 heteroatoms. The van der Waals surface area contributed by atoms with E-state index in [4.69, 9.17) is 9.47 Å². The minimum atomic E-state index is 0.0790. The third kappa shape index (κ3) is 2.25. The van der Waals surface area contributed by atoms with E-state index >= 15 is 0 Å². The summed E-state index contributed by atoms with van der Waals surface area (Å²) >= 11 is 0. The van der Waals surface area contributed by atoms with E-state index in [2.05, 4.69) is 6.92 Å². The first-order chi connectivity index (χ1) is 6.35. The molecule has 74 valence electrons. The Bertz CT molecular complexity index is 196. The van der Waals surface area contributed by atoms with Gasteiger partial charge in [-0.1, -0.05) is 6.92 Å². The van der Waals surface area contributed by atoms with Crippen molar-refractivity contribution >= 4 is 0 Å². The minimum Gasteiger partial charge on any atom is -0.498 e. The van der Waals surface area contributed by atoms with Crippen molar-refractivity contribution in [1.29, 1.82) is 0 Å². The molecule has 1 saturated carbocycles. The molecular formula is C11H18O2. The topological polar surface area (TPSA) is 21.8 Å². The Balaban J connectivity index is 1.70. The van der Waals surface area contributed by atoms with Crippen LogP contribution in [0.3, 0.4) is 0 Å². The molecule has 13 heavy (non-hydrogen) atoms. The van der Waals surface area contributed by atoms with E-state index in [1.165, 1.54) is 31.3 Å². The van der Waals surface area contributed by atoms with Gasteiger partial charge in [-0.25, -0.2) is 0 Å². The summed E-state index contributed by atoms with van der Waals surface area (Å²) < 4.78 is 10.9. The molecule has 0 aromatic rings. The Labute approximate surface area is 79.9 Å². The maximum Gasteiger partial charge on any atom is 0.125 e. The van der Waals surface area contributed by atoms with Crippen LogP contribution in [0.25, 0.3) is 0 Å². The number of rotatable bonds is 4. The molecule has 0 aromatic heterocycles. The van der Waals surface area contributed by atoms with Crippen LogP contribution in [0.4, 0.5) is 0 Å². The number of hydrogen-bond donors (Lipinski definition) is 0. The third-order valence-corrected chi connectivity index (χ3v) is 3.04. The zero-order chi connectivity index (χ0) is 9.15. The molecule has 1 unspecified atom stereocenters. The first kappa shape index (κ1) is 9.07. The fourth-order valence-corrected chi connectivity index (χ4v) is 1.75. The Morgan fingerprint density at radius 3 is 2.69 bits per heavy atom. The Kier molecular flexibility index (Phi) is 2.58. The third-order valence-electron chi connectivity index (χ3n) is 3.04. The fraction of sp³-hybridized carbons (Fsp3) is 0.818. The zero-order valence-corrected chi connectivity index (χ0v) is 8.34. The van der Waals surface area contributed by atoms with Gasteiger partial charge in [0.2, 0.25) is 0 Å². The standard InChI is InChI=1S/C11H18O2/c1-2-11(9-13-11)8-12-7-10-5-3-4-6-10/h7H,2-6,8-9H2,1H3. The van der Waals surface area contributed by atoms with Gasteiger partial charge in [-0.2, -0.15) is 0 Å². The lowest BCUT2D eigenvalue weighted by atomic mass is 10.1. The van der Waals surface area contributed by atoms with Crippen LogP contribution in [0.2, 0.25) is 0 Å². The van der Waals surface area contributed by atoms with Crippen molar-refractivity contribution in [1.82, 2.24) is 0 Å². The molecule has 1 saturated heterocycles. The first-order valence-corrected chi connectivity index (χ1v) is 5.28. The Hall–Kier alpha value is -0.500. The Morgan fingerprint density at radius 1 is 1.46 bits per heavy atom. The van der Waals surface area contributed by atoms with Crippen LogP contribution in [0, 0.1) is 0 Å². The van der Waals surface area contributed by atoms with Crippen molar-refractivity contribution in [3.05, 3.63) is 11.8 Å². The van der Waals surface area contributed by atoms with Crippen LogP contribution in [-0.4, -0.2) is 18.8 Å². The fourth-order valence-electron chi connectivity index (χ4n) is 1.75. The zero-order valence-electron chi connectivity index (χ0n) is 8.34. The molecule has 0 radical (unpaired) electrons. The number of hydrogen-bond acceptors (Lipinski definition) is 2. The second-order valence-electron chi connectivity index (χ2n) is 4.12. The smallest absolute Gasteiger partial charge is 0.125 e. The van der Waals surface area contributed by atoms with Crippen molar-refractivity contribution in [3.8, 4) is 0 Å². The predicted octanol–water partition coefficient (Wildman–Crippen LogP) is 2.64. The van der Waals surface area contributed by atoms with E-state index in [0.29, 0.717) is 0 Å². The van der Waals surface area contributed by atoms with Crippen LogP contribution in [0.5, 0.6) is 0 Å². The van der Waals surface area contributed by atoms with Crippen LogP contribution in [0.15, 0.2) is 11.8 Å². The highest BCUT2D eigenvalue weighted by molar-refractivity contribution is 5.03. The number of epoxide rings is 1. The van der Waals surface area contributed by atoms with E-state index in [1.54, 1.807) is 0 Å². The highest BCUT2D eigenvalue weighted by Crippen LogP contribution is 2.31. The highest BCUT2D eigenvalue weighted by Gasteiger charge is 2.43. The molecule has 1 aliphatic heterocycles. The van der Waals surface area contributed by atoms with Crippen LogP contribution in [0.1, 0.15) is 39.0 Å². The summed E-state index contributed by atoms with van der Waals surface area (Å²) in [5.41, 5.74) is 1.56. The van der Waals surface area contributed by atoms with E-state index < -0.39 is 0 Å². The second kappa shape index (κ2) is 3.70. The Morgan fingerprint density at radius 2 is 2.15 bits per heavy atom. The number of ether oxygens (including phenoxy) is 2. The van der Waals surface area contributed by atoms with Gasteiger partial charge in [0, 0.05) is 0 Å². The molecule has 0 amide bonds. The van der Waals surface area contributed by atoms with Gasteiger partial charge in [0.05, 0.1) is 12.9 Å². The van der Waals surface area contributed by atoms with Crippen molar-refractivity contribution in [2.45, 2.75) is 44.6 Å². The van der Waals surface area contributed by atoms with Gasteiger partial charge >= 0.3 is 0 Å². The molecule has 2 aliphatic rings. The maximum absolute atomic E-state index is 5.55. The van der Waals surface area contributed by atoms with Gasteiger partial charge < -0.3 is 9.47 Å². The maximum atomic E-state index is 5.55. The van der Waals surface area contributed by atoms with Crippen molar-refractivity contribution in [2.24, 2.45) is 0 Å². The summed E-state index contributed by atoms with van der Waals surface area (Å²) in [5.74, 6) is 0. The quantitative estimate of drug-likeness (QED) is 0.492. The van der Waals surface area contributed by atoms with Gasteiger partial charge in [-0.05, 0) is 37.7 Å². The first-order valence-electron chi connectivity index (χ1n) is 5.28. The van der Waals surface area contributed by atoms with Gasteiger partial charge in [0.1, 0.15) is 12.2 Å². The number of allylic oxidation sites excluding steroid dienone is 1. The van der Waals surface area contributed by atoms with E-state index in [9.17, 15) is 0 Å². The molecule has 0 bridgehead atoms. The monoisotopic (exact) mass is 182 g/mol. The van der Waals surface area contributed by atoms with Gasteiger partial charge in [0.25, 0.3) is 0 Å².